The van der Waals surface area contributed by atoms with Crippen molar-refractivity contribution in [2.24, 2.45) is 0 Å². The molecule has 3 aromatic heterocycles. The van der Waals surface area contributed by atoms with Crippen molar-refractivity contribution in [3.63, 3.8) is 0 Å². The van der Waals surface area contributed by atoms with Crippen molar-refractivity contribution >= 4 is 57.3 Å². The van der Waals surface area contributed by atoms with E-state index in [2.05, 4.69) is 66.0 Å². The zero-order valence-corrected chi connectivity index (χ0v) is 20.1. The van der Waals surface area contributed by atoms with Gasteiger partial charge in [0.05, 0.1) is 39.5 Å². The van der Waals surface area contributed by atoms with Crippen LogP contribution >= 0.6 is 19.2 Å². The normalized spacial score (nSPS) is 14.1. The number of hydrogen-bond acceptors (Lipinski definition) is 4. The Labute approximate surface area is 204 Å². The van der Waals surface area contributed by atoms with Crippen LogP contribution in [0.15, 0.2) is 103 Å². The molecule has 0 saturated heterocycles. The van der Waals surface area contributed by atoms with E-state index in [1.165, 1.54) is 11.7 Å². The second kappa shape index (κ2) is 6.79. The van der Waals surface area contributed by atoms with Gasteiger partial charge in [-0.3, -0.25) is 13.2 Å². The maximum absolute atomic E-state index is 15.8. The third kappa shape index (κ3) is 2.45. The van der Waals surface area contributed by atoms with Crippen molar-refractivity contribution in [2.75, 3.05) is 0 Å². The molecule has 0 unspecified atom stereocenters. The standard InChI is InChI=1S/C28H17N4OPS/c33-34(20-10-2-1-3-11-20)31-25-12-6-4-8-18(25)14-27(31)21-16-23-24(30-35-29-23)17-22(21)28-15-19-9-5-7-13-26(19)32(28)34/h1-17H. The number of nitrogens with zero attached hydrogens (tertiary/aromatic N) is 4. The lowest BCUT2D eigenvalue weighted by molar-refractivity contribution is 0.572. The summed E-state index contributed by atoms with van der Waals surface area (Å²) in [6, 6.07) is 34.8. The van der Waals surface area contributed by atoms with Crippen molar-refractivity contribution < 1.29 is 4.57 Å². The number of hydrogen-bond donors (Lipinski definition) is 0. The zero-order valence-electron chi connectivity index (χ0n) is 18.4. The van der Waals surface area contributed by atoms with E-state index in [0.29, 0.717) is 0 Å². The fourth-order valence-corrected chi connectivity index (χ4v) is 9.02. The van der Waals surface area contributed by atoms with Gasteiger partial charge in [-0.05, 0) is 48.5 Å². The molecule has 0 spiro atoms. The molecule has 0 fully saturated rings. The number of aromatic nitrogens is 4. The van der Waals surface area contributed by atoms with Gasteiger partial charge in [0.1, 0.15) is 11.0 Å². The molecule has 0 N–H and O–H groups in total. The lowest BCUT2D eigenvalue weighted by atomic mass is 10.0. The third-order valence-electron chi connectivity index (χ3n) is 6.95. The molecule has 1 aliphatic rings. The summed E-state index contributed by atoms with van der Waals surface area (Å²) in [5.74, 6) is 0. The molecular formula is C28H17N4OPS. The van der Waals surface area contributed by atoms with Crippen LogP contribution < -0.4 is 5.30 Å². The fraction of sp³-hybridized carbons (Fsp3) is 0. The Balaban J connectivity index is 1.68. The lowest BCUT2D eigenvalue weighted by Crippen LogP contribution is -2.17. The largest absolute Gasteiger partial charge is 0.301 e. The third-order valence-corrected chi connectivity index (χ3v) is 10.4. The minimum atomic E-state index is -3.42. The lowest BCUT2D eigenvalue weighted by Gasteiger charge is -2.25. The fourth-order valence-electron chi connectivity index (χ4n) is 5.45. The molecule has 0 saturated carbocycles. The van der Waals surface area contributed by atoms with E-state index < -0.39 is 7.44 Å². The van der Waals surface area contributed by atoms with Crippen molar-refractivity contribution in [3.8, 4) is 22.5 Å². The summed E-state index contributed by atoms with van der Waals surface area (Å²) < 4.78 is 29.0. The Kier molecular flexibility index (Phi) is 3.75. The molecule has 35 heavy (non-hydrogen) atoms. The highest BCUT2D eigenvalue weighted by Gasteiger charge is 2.39. The molecule has 166 valence electrons. The molecule has 7 aromatic rings. The van der Waals surface area contributed by atoms with Gasteiger partial charge >= 0.3 is 7.44 Å². The SMILES string of the molecule is O=P1(c2ccccc2)n2c(cc3ccccc32)-c2cc3nsnc3cc2-c2cc3ccccc3n21. The van der Waals surface area contributed by atoms with Gasteiger partial charge < -0.3 is 0 Å². The number of rotatable bonds is 1. The number of fused-ring (bicyclic) bond motifs is 10. The first-order chi connectivity index (χ1) is 17.2. The zero-order chi connectivity index (χ0) is 23.1. The average molecular weight is 489 g/mol. The van der Waals surface area contributed by atoms with Crippen LogP contribution in [0.2, 0.25) is 0 Å². The van der Waals surface area contributed by atoms with Gasteiger partial charge in [0.25, 0.3) is 0 Å². The Bertz CT molecular complexity index is 1880. The Morgan fingerprint density at radius 1 is 0.600 bits per heavy atom. The molecule has 7 heteroatoms. The van der Waals surface area contributed by atoms with Gasteiger partial charge in [-0.25, -0.2) is 0 Å². The van der Waals surface area contributed by atoms with Crippen molar-refractivity contribution in [1.29, 1.82) is 0 Å². The maximum atomic E-state index is 15.8. The quantitative estimate of drug-likeness (QED) is 0.230. The first-order valence-corrected chi connectivity index (χ1v) is 13.7. The van der Waals surface area contributed by atoms with Crippen molar-refractivity contribution in [3.05, 3.63) is 103 Å². The van der Waals surface area contributed by atoms with Crippen LogP contribution in [-0.4, -0.2) is 17.4 Å². The minimum Gasteiger partial charge on any atom is -0.271 e. The first kappa shape index (κ1) is 19.3. The second-order valence-electron chi connectivity index (χ2n) is 8.83. The molecule has 0 amide bonds. The summed E-state index contributed by atoms with van der Waals surface area (Å²) in [5.41, 5.74) is 7.48. The molecule has 4 aromatic carbocycles. The molecule has 4 heterocycles. The molecule has 0 bridgehead atoms. The van der Waals surface area contributed by atoms with Gasteiger partial charge in [-0.15, -0.1) is 0 Å². The van der Waals surface area contributed by atoms with Crippen LogP contribution in [0, 0.1) is 0 Å². The minimum absolute atomic E-state index is 0.787. The Morgan fingerprint density at radius 3 is 1.63 bits per heavy atom. The van der Waals surface area contributed by atoms with E-state index in [9.17, 15) is 0 Å². The summed E-state index contributed by atoms with van der Waals surface area (Å²) in [7, 11) is -3.42. The van der Waals surface area contributed by atoms with E-state index in [-0.39, 0.29) is 0 Å². The molecule has 0 radical (unpaired) electrons. The smallest absolute Gasteiger partial charge is 0.271 e. The van der Waals surface area contributed by atoms with Gasteiger partial charge in [-0.2, -0.15) is 8.75 Å². The molecule has 5 nitrogen and oxygen atoms in total. The van der Waals surface area contributed by atoms with Gasteiger partial charge in [0, 0.05) is 21.9 Å². The predicted octanol–water partition coefficient (Wildman–Crippen LogP) is 7.16. The van der Waals surface area contributed by atoms with Crippen molar-refractivity contribution in [2.45, 2.75) is 0 Å². The molecule has 1 aliphatic heterocycles. The van der Waals surface area contributed by atoms with Crippen LogP contribution in [0.1, 0.15) is 0 Å². The maximum Gasteiger partial charge on any atom is 0.301 e. The average Bonchev–Trinajstić information content (AvgIpc) is 3.61. The Hall–Kier alpha value is -3.99. The van der Waals surface area contributed by atoms with Crippen LogP contribution in [0.3, 0.4) is 0 Å². The Morgan fingerprint density at radius 2 is 1.09 bits per heavy atom. The van der Waals surface area contributed by atoms with Gasteiger partial charge in [0.2, 0.25) is 0 Å². The molecule has 8 rings (SSSR count). The van der Waals surface area contributed by atoms with E-state index in [0.717, 1.165) is 60.7 Å². The van der Waals surface area contributed by atoms with E-state index in [1.807, 2.05) is 54.6 Å². The van der Waals surface area contributed by atoms with Crippen LogP contribution in [0.25, 0.3) is 55.4 Å². The second-order valence-corrected chi connectivity index (χ2v) is 11.8. The number of benzene rings is 4. The highest BCUT2D eigenvalue weighted by Crippen LogP contribution is 2.60. The summed E-state index contributed by atoms with van der Waals surface area (Å²) in [6.07, 6.45) is 0. The highest BCUT2D eigenvalue weighted by atomic mass is 32.1. The van der Waals surface area contributed by atoms with Crippen LogP contribution in [0.5, 0.6) is 0 Å². The highest BCUT2D eigenvalue weighted by molar-refractivity contribution is 7.69. The molecular weight excluding hydrogens is 471 g/mol. The van der Waals surface area contributed by atoms with Gasteiger partial charge in [-0.1, -0.05) is 54.6 Å². The van der Waals surface area contributed by atoms with Crippen LogP contribution in [0.4, 0.5) is 0 Å². The summed E-state index contributed by atoms with van der Waals surface area (Å²) >= 11 is 1.22. The molecule has 0 aliphatic carbocycles. The topological polar surface area (TPSA) is 52.7 Å². The summed E-state index contributed by atoms with van der Waals surface area (Å²) in [6.45, 7) is 0. The summed E-state index contributed by atoms with van der Waals surface area (Å²) in [4.78, 5) is 0. The van der Waals surface area contributed by atoms with Crippen molar-refractivity contribution in [1.82, 2.24) is 17.4 Å². The number of para-hydroxylation sites is 2. The van der Waals surface area contributed by atoms with E-state index >= 15 is 4.57 Å². The summed E-state index contributed by atoms with van der Waals surface area (Å²) in [5, 5.41) is 2.90. The van der Waals surface area contributed by atoms with E-state index in [1.54, 1.807) is 0 Å². The first-order valence-electron chi connectivity index (χ1n) is 11.4. The van der Waals surface area contributed by atoms with Crippen LogP contribution in [-0.2, 0) is 4.57 Å². The predicted molar refractivity (Wildman–Crippen MR) is 144 cm³/mol. The molecule has 0 atom stereocenters. The van der Waals surface area contributed by atoms with Gasteiger partial charge in [0.15, 0.2) is 0 Å². The van der Waals surface area contributed by atoms with E-state index in [4.69, 9.17) is 0 Å². The monoisotopic (exact) mass is 488 g/mol.